The Kier molecular flexibility index (Phi) is 14.4. The SMILES string of the molecule is C=C/C=C(C=C)/C(/C=C/C)=C/C(=C\c1ccc(-c2ccccc2)cc1/C1=C(C)/C=C\C(=C)c2ccc3c(c2OC1)c1cc(-c2ccccc2)ccc1n3-c1cc(-c2ccccc2)cc(-c2ccccc2)c1)c1ccccc1. The number of allylic oxidation sites excluding steroid dienone is 13. The van der Waals surface area contributed by atoms with E-state index in [1.807, 2.05) is 25.2 Å². The lowest BCUT2D eigenvalue weighted by Crippen LogP contribution is -2.06. The second-order valence-corrected chi connectivity index (χ2v) is 19.4. The van der Waals surface area contributed by atoms with Gasteiger partial charge in [-0.1, -0.05) is 232 Å². The number of rotatable bonds is 13. The fraction of sp³-hybridized carbons (Fsp3) is 0.0400. The third-order valence-corrected chi connectivity index (χ3v) is 14.5. The monoisotopic (exact) mass is 989 g/mol. The lowest BCUT2D eigenvalue weighted by molar-refractivity contribution is 0.373. The highest BCUT2D eigenvalue weighted by atomic mass is 16.5. The van der Waals surface area contributed by atoms with Crippen molar-refractivity contribution in [2.24, 2.45) is 0 Å². The van der Waals surface area contributed by atoms with Gasteiger partial charge in [-0.3, -0.25) is 0 Å². The molecule has 2 nitrogen and oxygen atoms in total. The molecule has 9 aromatic carbocycles. The molecule has 0 radical (unpaired) electrons. The van der Waals surface area contributed by atoms with Gasteiger partial charge < -0.3 is 9.30 Å². The minimum absolute atomic E-state index is 0.296. The summed E-state index contributed by atoms with van der Waals surface area (Å²) >= 11 is 0. The van der Waals surface area contributed by atoms with Crippen molar-refractivity contribution in [2.45, 2.75) is 13.8 Å². The lowest BCUT2D eigenvalue weighted by atomic mass is 9.89. The molecule has 0 bridgehead atoms. The van der Waals surface area contributed by atoms with Crippen LogP contribution in [0.1, 0.15) is 36.1 Å². The largest absolute Gasteiger partial charge is 0.487 e. The van der Waals surface area contributed by atoms with Crippen LogP contribution in [0.5, 0.6) is 5.75 Å². The first-order valence-corrected chi connectivity index (χ1v) is 26.3. The molecule has 0 atom stereocenters. The highest BCUT2D eigenvalue weighted by molar-refractivity contribution is 6.15. The molecule has 1 aromatic heterocycles. The van der Waals surface area contributed by atoms with E-state index in [2.05, 4.69) is 279 Å². The first kappa shape index (κ1) is 49.5. The van der Waals surface area contributed by atoms with Crippen LogP contribution in [0.25, 0.3) is 94.8 Å². The number of ether oxygens (including phenoxy) is 1. The Labute approximate surface area is 453 Å². The molecule has 0 saturated carbocycles. The Morgan fingerprint density at radius 3 is 1.68 bits per heavy atom. The third kappa shape index (κ3) is 10.3. The second kappa shape index (κ2) is 22.4. The third-order valence-electron chi connectivity index (χ3n) is 14.5. The summed E-state index contributed by atoms with van der Waals surface area (Å²) in [6.07, 6.45) is 18.8. The van der Waals surface area contributed by atoms with E-state index in [1.165, 1.54) is 0 Å². The van der Waals surface area contributed by atoms with Gasteiger partial charge in [-0.25, -0.2) is 0 Å². The highest BCUT2D eigenvalue weighted by Gasteiger charge is 2.24. The summed E-state index contributed by atoms with van der Waals surface area (Å²) in [4.78, 5) is 0. The van der Waals surface area contributed by atoms with Gasteiger partial charge in [0.25, 0.3) is 0 Å². The first-order valence-electron chi connectivity index (χ1n) is 26.3. The molecule has 370 valence electrons. The summed E-state index contributed by atoms with van der Waals surface area (Å²) in [5.74, 6) is 0.798. The highest BCUT2D eigenvalue weighted by Crippen LogP contribution is 2.46. The molecule has 1 aliphatic rings. The maximum atomic E-state index is 7.54. The van der Waals surface area contributed by atoms with Crippen LogP contribution in [-0.4, -0.2) is 11.2 Å². The summed E-state index contributed by atoms with van der Waals surface area (Å²) in [5, 5.41) is 2.13. The van der Waals surface area contributed by atoms with Crippen molar-refractivity contribution in [3.05, 3.63) is 326 Å². The number of fused-ring (bicyclic) bond motifs is 5. The minimum Gasteiger partial charge on any atom is -0.487 e. The molecule has 77 heavy (non-hydrogen) atoms. The van der Waals surface area contributed by atoms with Crippen molar-refractivity contribution in [3.63, 3.8) is 0 Å². The molecule has 0 aliphatic carbocycles. The molecule has 10 aromatic rings. The Balaban J connectivity index is 1.14. The van der Waals surface area contributed by atoms with Gasteiger partial charge in [-0.2, -0.15) is 0 Å². The van der Waals surface area contributed by atoms with E-state index in [-0.39, 0.29) is 0 Å². The molecule has 0 N–H and O–H groups in total. The molecular formula is C75H59NO. The fourth-order valence-electron chi connectivity index (χ4n) is 10.6. The van der Waals surface area contributed by atoms with Crippen LogP contribution in [0.15, 0.2) is 303 Å². The molecular weight excluding hydrogens is 931 g/mol. The van der Waals surface area contributed by atoms with Gasteiger partial charge in [0.05, 0.1) is 16.4 Å². The smallest absolute Gasteiger partial charge is 0.137 e. The molecule has 0 spiro atoms. The summed E-state index contributed by atoms with van der Waals surface area (Å²) in [6.45, 7) is 17.4. The number of hydrogen-bond donors (Lipinski definition) is 0. The Morgan fingerprint density at radius 2 is 1.09 bits per heavy atom. The van der Waals surface area contributed by atoms with Crippen molar-refractivity contribution in [3.8, 4) is 55.9 Å². The second-order valence-electron chi connectivity index (χ2n) is 19.4. The van der Waals surface area contributed by atoms with E-state index in [1.54, 1.807) is 0 Å². The van der Waals surface area contributed by atoms with Gasteiger partial charge in [-0.15, -0.1) is 0 Å². The number of benzene rings is 9. The molecule has 0 unspecified atom stereocenters. The number of aromatic nitrogens is 1. The fourth-order valence-corrected chi connectivity index (χ4v) is 10.6. The van der Waals surface area contributed by atoms with Gasteiger partial charge in [0.15, 0.2) is 0 Å². The van der Waals surface area contributed by atoms with Crippen LogP contribution in [0.4, 0.5) is 0 Å². The van der Waals surface area contributed by atoms with Crippen LogP contribution in [0.2, 0.25) is 0 Å². The van der Waals surface area contributed by atoms with Gasteiger partial charge in [-0.05, 0) is 164 Å². The zero-order valence-corrected chi connectivity index (χ0v) is 43.7. The van der Waals surface area contributed by atoms with Gasteiger partial charge in [0, 0.05) is 22.2 Å². The van der Waals surface area contributed by atoms with Crippen molar-refractivity contribution < 1.29 is 4.74 Å². The van der Waals surface area contributed by atoms with Crippen LogP contribution < -0.4 is 4.74 Å². The molecule has 2 heterocycles. The molecule has 0 amide bonds. The maximum absolute atomic E-state index is 7.54. The quantitative estimate of drug-likeness (QED) is 0.0829. The molecule has 1 aliphatic heterocycles. The normalized spacial score (nSPS) is 14.7. The average molecular weight is 990 g/mol. The Hall–Kier alpha value is -9.76. The van der Waals surface area contributed by atoms with Gasteiger partial charge >= 0.3 is 0 Å². The van der Waals surface area contributed by atoms with Gasteiger partial charge in [0.2, 0.25) is 0 Å². The van der Waals surface area contributed by atoms with E-state index < -0.39 is 0 Å². The summed E-state index contributed by atoms with van der Waals surface area (Å²) < 4.78 is 9.96. The summed E-state index contributed by atoms with van der Waals surface area (Å²) in [6, 6.07) is 78.3. The van der Waals surface area contributed by atoms with Crippen LogP contribution >= 0.6 is 0 Å². The van der Waals surface area contributed by atoms with Gasteiger partial charge in [0.1, 0.15) is 12.4 Å². The zero-order valence-electron chi connectivity index (χ0n) is 43.7. The average Bonchev–Trinajstić information content (AvgIpc) is 3.91. The number of nitrogens with zero attached hydrogens (tertiary/aromatic N) is 1. The van der Waals surface area contributed by atoms with E-state index in [0.717, 1.165) is 133 Å². The van der Waals surface area contributed by atoms with E-state index in [4.69, 9.17) is 11.3 Å². The molecule has 2 heteroatoms. The molecule has 0 fully saturated rings. The Bertz CT molecular complexity index is 3990. The maximum Gasteiger partial charge on any atom is 0.137 e. The molecule has 0 saturated heterocycles. The van der Waals surface area contributed by atoms with Crippen molar-refractivity contribution in [1.29, 1.82) is 0 Å². The van der Waals surface area contributed by atoms with E-state index >= 15 is 0 Å². The summed E-state index contributed by atoms with van der Waals surface area (Å²) in [5.41, 5.74) is 22.6. The van der Waals surface area contributed by atoms with Crippen LogP contribution in [0, 0.1) is 0 Å². The predicted molar refractivity (Wildman–Crippen MR) is 331 cm³/mol. The number of hydrogen-bond acceptors (Lipinski definition) is 1. The van der Waals surface area contributed by atoms with Crippen molar-refractivity contribution in [1.82, 2.24) is 4.57 Å². The molecule has 11 rings (SSSR count). The van der Waals surface area contributed by atoms with Crippen LogP contribution in [0.3, 0.4) is 0 Å². The first-order chi connectivity index (χ1) is 37.9. The lowest BCUT2D eigenvalue weighted by Gasteiger charge is -2.19. The summed E-state index contributed by atoms with van der Waals surface area (Å²) in [7, 11) is 0. The topological polar surface area (TPSA) is 14.2 Å². The minimum atomic E-state index is 0.296. The van der Waals surface area contributed by atoms with Crippen LogP contribution in [-0.2, 0) is 0 Å². The van der Waals surface area contributed by atoms with Crippen molar-refractivity contribution in [2.75, 3.05) is 6.61 Å². The van der Waals surface area contributed by atoms with E-state index in [9.17, 15) is 0 Å². The zero-order chi connectivity index (χ0) is 52.7. The predicted octanol–water partition coefficient (Wildman–Crippen LogP) is 20.2. The standard InChI is InChI=1S/C75H59NO/c1-6-24-54(8-3)60(25-7-2)44-64(57-30-18-11-19-31-57)45-63-39-38-61(55-26-14-9-15-27-55)49-69(63)71-51-77-75-68(52(4)36-37-53(71)5)41-43-73-74(75)70-50-62(56-28-16-10-17-29-56)40-42-72(70)76(73)67-47-65(58-32-20-12-21-33-58)46-66(48-67)59-34-22-13-23-35-59/h6-50H,1,3-4,51H2,2,5H3/b25-7+,37-36-,54-24+,60-44+,64-45+,71-53+. The van der Waals surface area contributed by atoms with Crippen molar-refractivity contribution >= 4 is 44.6 Å². The Morgan fingerprint density at radius 1 is 0.532 bits per heavy atom. The van der Waals surface area contributed by atoms with E-state index in [0.29, 0.717) is 6.61 Å².